The fraction of sp³-hybridized carbons (Fsp3) is 0.923. The van der Waals surface area contributed by atoms with Gasteiger partial charge in [-0.05, 0) is 46.2 Å². The van der Waals surface area contributed by atoms with Gasteiger partial charge in [0.2, 0.25) is 0 Å². The SMILES string of the molecule is CC(C)N1CC(C2CCCN(C)C2)N(C)C1=O. The molecule has 4 heteroatoms. The average Bonchev–Trinajstić information content (AvgIpc) is 2.56. The molecule has 2 rings (SSSR count). The molecule has 2 heterocycles. The standard InChI is InChI=1S/C13H25N3O/c1-10(2)16-9-12(15(4)13(16)17)11-6-5-7-14(3)8-11/h10-12H,5-9H2,1-4H3. The summed E-state index contributed by atoms with van der Waals surface area (Å²) in [4.78, 5) is 18.5. The Kier molecular flexibility index (Phi) is 3.61. The molecule has 4 nitrogen and oxygen atoms in total. The van der Waals surface area contributed by atoms with Gasteiger partial charge in [-0.3, -0.25) is 0 Å². The number of amides is 2. The number of rotatable bonds is 2. The number of hydrogen-bond acceptors (Lipinski definition) is 2. The highest BCUT2D eigenvalue weighted by molar-refractivity contribution is 5.77. The third kappa shape index (κ3) is 2.41. The number of hydrogen-bond donors (Lipinski definition) is 0. The Morgan fingerprint density at radius 2 is 1.94 bits per heavy atom. The van der Waals surface area contributed by atoms with E-state index < -0.39 is 0 Å². The average molecular weight is 239 g/mol. The Morgan fingerprint density at radius 1 is 1.24 bits per heavy atom. The molecule has 2 amide bonds. The molecule has 2 aliphatic rings. The van der Waals surface area contributed by atoms with Gasteiger partial charge in [0.25, 0.3) is 0 Å². The minimum atomic E-state index is 0.207. The van der Waals surface area contributed by atoms with Crippen LogP contribution in [0.4, 0.5) is 4.79 Å². The van der Waals surface area contributed by atoms with Crippen LogP contribution < -0.4 is 0 Å². The van der Waals surface area contributed by atoms with Crippen molar-refractivity contribution < 1.29 is 4.79 Å². The summed E-state index contributed by atoms with van der Waals surface area (Å²) < 4.78 is 0. The van der Waals surface area contributed by atoms with E-state index in [9.17, 15) is 4.79 Å². The van der Waals surface area contributed by atoms with Crippen molar-refractivity contribution in [2.24, 2.45) is 5.92 Å². The van der Waals surface area contributed by atoms with E-state index in [-0.39, 0.29) is 6.03 Å². The molecule has 0 spiro atoms. The molecule has 2 saturated heterocycles. The number of urea groups is 1. The molecule has 2 fully saturated rings. The lowest BCUT2D eigenvalue weighted by Gasteiger charge is -2.35. The van der Waals surface area contributed by atoms with Crippen LogP contribution in [0.15, 0.2) is 0 Å². The number of carbonyl (C=O) groups excluding carboxylic acids is 1. The summed E-state index contributed by atoms with van der Waals surface area (Å²) in [5.74, 6) is 0.645. The summed E-state index contributed by atoms with van der Waals surface area (Å²) in [6, 6.07) is 0.933. The van der Waals surface area contributed by atoms with Crippen molar-refractivity contribution in [2.45, 2.75) is 38.8 Å². The molecule has 0 N–H and O–H groups in total. The van der Waals surface area contributed by atoms with Gasteiger partial charge >= 0.3 is 6.03 Å². The maximum Gasteiger partial charge on any atom is 0.320 e. The normalized spacial score (nSPS) is 31.7. The highest BCUT2D eigenvalue weighted by atomic mass is 16.2. The molecule has 17 heavy (non-hydrogen) atoms. The Hall–Kier alpha value is -0.770. The summed E-state index contributed by atoms with van der Waals surface area (Å²) in [6.07, 6.45) is 2.53. The smallest absolute Gasteiger partial charge is 0.320 e. The van der Waals surface area contributed by atoms with E-state index in [1.807, 2.05) is 16.8 Å². The molecule has 0 aromatic carbocycles. The number of likely N-dealkylation sites (tertiary alicyclic amines) is 1. The lowest BCUT2D eigenvalue weighted by Crippen LogP contribution is -2.44. The van der Waals surface area contributed by atoms with Crippen molar-refractivity contribution in [2.75, 3.05) is 33.7 Å². The zero-order chi connectivity index (χ0) is 12.6. The predicted octanol–water partition coefficient (Wildman–Crippen LogP) is 1.47. The zero-order valence-corrected chi connectivity index (χ0v) is 11.5. The monoisotopic (exact) mass is 239 g/mol. The summed E-state index contributed by atoms with van der Waals surface area (Å²) in [5.41, 5.74) is 0. The molecule has 2 atom stereocenters. The first-order valence-electron chi connectivity index (χ1n) is 6.72. The molecule has 0 aromatic rings. The van der Waals surface area contributed by atoms with E-state index in [0.717, 1.165) is 13.1 Å². The maximum absolute atomic E-state index is 12.1. The van der Waals surface area contributed by atoms with Gasteiger partial charge in [0.1, 0.15) is 0 Å². The van der Waals surface area contributed by atoms with Crippen molar-refractivity contribution in [3.05, 3.63) is 0 Å². The molecule has 0 aromatic heterocycles. The number of carbonyl (C=O) groups is 1. The van der Waals surface area contributed by atoms with Gasteiger partial charge < -0.3 is 14.7 Å². The molecule has 0 saturated carbocycles. The minimum Gasteiger partial charge on any atom is -0.323 e. The highest BCUT2D eigenvalue weighted by Crippen LogP contribution is 2.28. The fourth-order valence-electron chi connectivity index (χ4n) is 3.16. The Bertz CT molecular complexity index is 292. The second kappa shape index (κ2) is 4.84. The van der Waals surface area contributed by atoms with Crippen molar-refractivity contribution in [3.8, 4) is 0 Å². The number of piperidine rings is 1. The van der Waals surface area contributed by atoms with Gasteiger partial charge in [-0.15, -0.1) is 0 Å². The lowest BCUT2D eigenvalue weighted by molar-refractivity contribution is 0.141. The second-order valence-electron chi connectivity index (χ2n) is 5.87. The third-order valence-corrected chi connectivity index (χ3v) is 4.26. The van der Waals surface area contributed by atoms with Crippen molar-refractivity contribution >= 4 is 6.03 Å². The van der Waals surface area contributed by atoms with Crippen LogP contribution in [0.5, 0.6) is 0 Å². The molecule has 98 valence electrons. The molecule has 2 unspecified atom stereocenters. The molecule has 0 aliphatic carbocycles. The zero-order valence-electron chi connectivity index (χ0n) is 11.5. The van der Waals surface area contributed by atoms with E-state index in [1.165, 1.54) is 19.4 Å². The molecule has 0 bridgehead atoms. The largest absolute Gasteiger partial charge is 0.323 e. The fourth-order valence-corrected chi connectivity index (χ4v) is 3.16. The van der Waals surface area contributed by atoms with E-state index in [0.29, 0.717) is 18.0 Å². The Labute approximate surface area is 105 Å². The van der Waals surface area contributed by atoms with Crippen LogP contribution in [0.3, 0.4) is 0 Å². The lowest BCUT2D eigenvalue weighted by atomic mass is 9.90. The summed E-state index contributed by atoms with van der Waals surface area (Å²) in [7, 11) is 4.15. The van der Waals surface area contributed by atoms with Crippen LogP contribution in [0, 0.1) is 5.92 Å². The van der Waals surface area contributed by atoms with Gasteiger partial charge in [0.05, 0.1) is 6.04 Å². The first-order valence-corrected chi connectivity index (χ1v) is 6.72. The molecule has 2 aliphatic heterocycles. The molecular weight excluding hydrogens is 214 g/mol. The third-order valence-electron chi connectivity index (χ3n) is 4.26. The topological polar surface area (TPSA) is 26.8 Å². The number of likely N-dealkylation sites (N-methyl/N-ethyl adjacent to an activating group) is 1. The maximum atomic E-state index is 12.1. The first kappa shape index (κ1) is 12.7. The number of nitrogens with zero attached hydrogens (tertiary/aromatic N) is 3. The van der Waals surface area contributed by atoms with Crippen LogP contribution in [0.2, 0.25) is 0 Å². The van der Waals surface area contributed by atoms with Crippen LogP contribution in [-0.4, -0.2) is 66.5 Å². The van der Waals surface area contributed by atoms with Crippen LogP contribution in [-0.2, 0) is 0 Å². The first-order chi connectivity index (χ1) is 8.00. The Morgan fingerprint density at radius 3 is 2.47 bits per heavy atom. The molecular formula is C13H25N3O. The van der Waals surface area contributed by atoms with Crippen LogP contribution in [0.25, 0.3) is 0 Å². The van der Waals surface area contributed by atoms with Crippen LogP contribution >= 0.6 is 0 Å². The minimum absolute atomic E-state index is 0.207. The van der Waals surface area contributed by atoms with Crippen molar-refractivity contribution in [1.29, 1.82) is 0 Å². The summed E-state index contributed by atoms with van der Waals surface area (Å²) in [5, 5.41) is 0. The predicted molar refractivity (Wildman–Crippen MR) is 69.0 cm³/mol. The highest BCUT2D eigenvalue weighted by Gasteiger charge is 2.40. The summed E-state index contributed by atoms with van der Waals surface area (Å²) in [6.45, 7) is 7.44. The van der Waals surface area contributed by atoms with Gasteiger partial charge in [0, 0.05) is 26.2 Å². The van der Waals surface area contributed by atoms with E-state index in [2.05, 4.69) is 25.8 Å². The van der Waals surface area contributed by atoms with Crippen molar-refractivity contribution in [1.82, 2.24) is 14.7 Å². The van der Waals surface area contributed by atoms with Crippen LogP contribution in [0.1, 0.15) is 26.7 Å². The van der Waals surface area contributed by atoms with Gasteiger partial charge in [-0.2, -0.15) is 0 Å². The van der Waals surface area contributed by atoms with Crippen molar-refractivity contribution in [3.63, 3.8) is 0 Å². The van der Waals surface area contributed by atoms with E-state index in [1.54, 1.807) is 0 Å². The van der Waals surface area contributed by atoms with Gasteiger partial charge in [0.15, 0.2) is 0 Å². The molecule has 0 radical (unpaired) electrons. The second-order valence-corrected chi connectivity index (χ2v) is 5.87. The Balaban J connectivity index is 2.04. The van der Waals surface area contributed by atoms with E-state index in [4.69, 9.17) is 0 Å². The quantitative estimate of drug-likeness (QED) is 0.729. The van der Waals surface area contributed by atoms with Gasteiger partial charge in [-0.1, -0.05) is 0 Å². The summed E-state index contributed by atoms with van der Waals surface area (Å²) >= 11 is 0. The van der Waals surface area contributed by atoms with Gasteiger partial charge in [-0.25, -0.2) is 4.79 Å². The van der Waals surface area contributed by atoms with E-state index >= 15 is 0 Å².